The van der Waals surface area contributed by atoms with Gasteiger partial charge in [-0.05, 0) is 17.7 Å². The molecule has 98 valence electrons. The summed E-state index contributed by atoms with van der Waals surface area (Å²) in [6, 6.07) is 5.66. The second-order valence-corrected chi connectivity index (χ2v) is 3.80. The molecule has 1 atom stereocenters. The van der Waals surface area contributed by atoms with Gasteiger partial charge in [-0.15, -0.1) is 0 Å². The number of carbonyl (C=O) groups is 2. The fraction of sp³-hybridized carbons (Fsp3) is 0.333. The predicted octanol–water partition coefficient (Wildman–Crippen LogP) is 0.320. The minimum absolute atomic E-state index is 0.0148. The average molecular weight is 255 g/mol. The quantitative estimate of drug-likeness (QED) is 0.683. The van der Waals surface area contributed by atoms with E-state index in [1.54, 1.807) is 6.07 Å². The number of benzene rings is 1. The van der Waals surface area contributed by atoms with Crippen LogP contribution in [0.15, 0.2) is 24.3 Å². The molecule has 1 amide bonds. The third-order valence-corrected chi connectivity index (χ3v) is 2.28. The number of aliphatic hydroxyl groups is 1. The zero-order valence-corrected chi connectivity index (χ0v) is 9.60. The Morgan fingerprint density at radius 3 is 2.72 bits per heavy atom. The van der Waals surface area contributed by atoms with Gasteiger partial charge in [0, 0.05) is 13.0 Å². The van der Waals surface area contributed by atoms with Crippen LogP contribution in [0.25, 0.3) is 0 Å². The summed E-state index contributed by atoms with van der Waals surface area (Å²) in [7, 11) is 0. The lowest BCUT2D eigenvalue weighted by atomic mass is 10.1. The molecule has 0 saturated heterocycles. The minimum Gasteiger partial charge on any atom is -0.479 e. The summed E-state index contributed by atoms with van der Waals surface area (Å²) in [6.07, 6.45) is -1.54. The third kappa shape index (κ3) is 4.92. The first-order valence-corrected chi connectivity index (χ1v) is 5.41. The number of hydrogen-bond acceptors (Lipinski definition) is 3. The van der Waals surface area contributed by atoms with E-state index < -0.39 is 17.9 Å². The molecule has 0 fully saturated rings. The molecule has 3 N–H and O–H groups in total. The second-order valence-electron chi connectivity index (χ2n) is 3.80. The lowest BCUT2D eigenvalue weighted by Gasteiger charge is -2.07. The zero-order valence-electron chi connectivity index (χ0n) is 9.60. The molecule has 6 heteroatoms. The van der Waals surface area contributed by atoms with Crippen LogP contribution in [0.2, 0.25) is 0 Å². The number of nitrogens with one attached hydrogen (secondary N) is 1. The summed E-state index contributed by atoms with van der Waals surface area (Å²) in [6.45, 7) is 0.0572. The average Bonchev–Trinajstić information content (AvgIpc) is 2.28. The van der Waals surface area contributed by atoms with Gasteiger partial charge in [0.1, 0.15) is 5.82 Å². The van der Waals surface area contributed by atoms with Crippen molar-refractivity contribution >= 4 is 11.9 Å². The third-order valence-electron chi connectivity index (χ3n) is 2.28. The second kappa shape index (κ2) is 6.70. The van der Waals surface area contributed by atoms with Crippen molar-refractivity contribution in [3.63, 3.8) is 0 Å². The van der Waals surface area contributed by atoms with Crippen LogP contribution < -0.4 is 5.32 Å². The van der Waals surface area contributed by atoms with Gasteiger partial charge in [-0.2, -0.15) is 0 Å². The number of amides is 1. The first-order valence-electron chi connectivity index (χ1n) is 5.41. The molecule has 0 unspecified atom stereocenters. The van der Waals surface area contributed by atoms with Gasteiger partial charge >= 0.3 is 5.97 Å². The summed E-state index contributed by atoms with van der Waals surface area (Å²) in [4.78, 5) is 21.7. The largest absolute Gasteiger partial charge is 0.479 e. The Labute approximate surface area is 103 Å². The summed E-state index contributed by atoms with van der Waals surface area (Å²) in [5.41, 5.74) is 0.534. The van der Waals surface area contributed by atoms with E-state index >= 15 is 0 Å². The van der Waals surface area contributed by atoms with Crippen LogP contribution in [-0.2, 0) is 16.0 Å². The highest BCUT2D eigenvalue weighted by molar-refractivity contribution is 5.78. The molecule has 0 heterocycles. The highest BCUT2D eigenvalue weighted by atomic mass is 19.1. The fourth-order valence-electron chi connectivity index (χ4n) is 1.37. The Morgan fingerprint density at radius 2 is 2.11 bits per heavy atom. The van der Waals surface area contributed by atoms with Crippen LogP contribution in [0.1, 0.15) is 12.0 Å². The van der Waals surface area contributed by atoms with E-state index in [1.165, 1.54) is 18.2 Å². The number of halogens is 1. The number of aliphatic carboxylic acids is 1. The molecule has 0 aliphatic rings. The number of aliphatic hydroxyl groups excluding tert-OH is 1. The monoisotopic (exact) mass is 255 g/mol. The van der Waals surface area contributed by atoms with Gasteiger partial charge in [-0.3, -0.25) is 4.79 Å². The molecule has 0 aliphatic heterocycles. The number of carboxylic acid groups (broad SMARTS) is 1. The van der Waals surface area contributed by atoms with Gasteiger partial charge in [0.15, 0.2) is 6.10 Å². The highest BCUT2D eigenvalue weighted by Crippen LogP contribution is 2.04. The van der Waals surface area contributed by atoms with E-state index in [0.717, 1.165) is 0 Å². The summed E-state index contributed by atoms with van der Waals surface area (Å²) >= 11 is 0. The number of carboxylic acids is 1. The molecule has 1 aromatic carbocycles. The summed E-state index contributed by atoms with van der Waals surface area (Å²) in [5, 5.41) is 19.8. The molecule has 1 rings (SSSR count). The molecule has 0 spiro atoms. The number of carbonyl (C=O) groups excluding carboxylic acids is 1. The lowest BCUT2D eigenvalue weighted by molar-refractivity contribution is -0.147. The molecular formula is C12H14FNO4. The topological polar surface area (TPSA) is 86.6 Å². The zero-order chi connectivity index (χ0) is 13.5. The van der Waals surface area contributed by atoms with Crippen LogP contribution in [-0.4, -0.2) is 34.7 Å². The Kier molecular flexibility index (Phi) is 5.26. The Hall–Kier alpha value is -1.95. The molecule has 18 heavy (non-hydrogen) atoms. The maximum atomic E-state index is 12.8. The molecular weight excluding hydrogens is 241 g/mol. The standard InChI is InChI=1S/C12H14FNO4/c13-9-3-1-2-8(6-9)7-11(16)14-5-4-10(15)12(17)18/h1-3,6,10,15H,4-5,7H2,(H,14,16)(H,17,18)/t10-/m0/s1. The Bertz CT molecular complexity index is 436. The van der Waals surface area contributed by atoms with Crippen molar-refractivity contribution in [2.24, 2.45) is 0 Å². The highest BCUT2D eigenvalue weighted by Gasteiger charge is 2.12. The Morgan fingerprint density at radius 1 is 1.39 bits per heavy atom. The SMILES string of the molecule is O=C(Cc1cccc(F)c1)NCC[C@H](O)C(=O)O. The molecule has 0 radical (unpaired) electrons. The van der Waals surface area contributed by atoms with Gasteiger partial charge in [0.2, 0.25) is 5.91 Å². The van der Waals surface area contributed by atoms with Gasteiger partial charge in [0.25, 0.3) is 0 Å². The predicted molar refractivity (Wildman–Crippen MR) is 61.4 cm³/mol. The fourth-order valence-corrected chi connectivity index (χ4v) is 1.37. The van der Waals surface area contributed by atoms with Crippen LogP contribution in [0.5, 0.6) is 0 Å². The lowest BCUT2D eigenvalue weighted by Crippen LogP contribution is -2.30. The van der Waals surface area contributed by atoms with Crippen LogP contribution in [0.4, 0.5) is 4.39 Å². The molecule has 5 nitrogen and oxygen atoms in total. The molecule has 0 bridgehead atoms. The first kappa shape index (κ1) is 14.1. The first-order chi connectivity index (χ1) is 8.49. The van der Waals surface area contributed by atoms with Crippen molar-refractivity contribution in [1.82, 2.24) is 5.32 Å². The smallest absolute Gasteiger partial charge is 0.332 e. The summed E-state index contributed by atoms with van der Waals surface area (Å²) in [5.74, 6) is -2.09. The molecule has 0 saturated carbocycles. The van der Waals surface area contributed by atoms with Crippen molar-refractivity contribution in [2.75, 3.05) is 6.54 Å². The van der Waals surface area contributed by atoms with Crippen molar-refractivity contribution in [3.05, 3.63) is 35.6 Å². The van der Waals surface area contributed by atoms with Gasteiger partial charge in [-0.25, -0.2) is 9.18 Å². The van der Waals surface area contributed by atoms with E-state index in [2.05, 4.69) is 5.32 Å². The van der Waals surface area contributed by atoms with E-state index in [-0.39, 0.29) is 25.3 Å². The molecule has 0 aliphatic carbocycles. The van der Waals surface area contributed by atoms with Crippen LogP contribution in [0, 0.1) is 5.82 Å². The van der Waals surface area contributed by atoms with E-state index in [4.69, 9.17) is 10.2 Å². The van der Waals surface area contributed by atoms with Crippen LogP contribution >= 0.6 is 0 Å². The van der Waals surface area contributed by atoms with Crippen molar-refractivity contribution in [1.29, 1.82) is 0 Å². The number of hydrogen-bond donors (Lipinski definition) is 3. The molecule has 0 aromatic heterocycles. The van der Waals surface area contributed by atoms with Crippen molar-refractivity contribution < 1.29 is 24.2 Å². The Balaban J connectivity index is 2.32. The van der Waals surface area contributed by atoms with E-state index in [9.17, 15) is 14.0 Å². The normalized spacial score (nSPS) is 11.9. The number of rotatable bonds is 6. The van der Waals surface area contributed by atoms with Crippen molar-refractivity contribution in [2.45, 2.75) is 18.9 Å². The van der Waals surface area contributed by atoms with E-state index in [0.29, 0.717) is 5.56 Å². The maximum Gasteiger partial charge on any atom is 0.332 e. The van der Waals surface area contributed by atoms with Crippen molar-refractivity contribution in [3.8, 4) is 0 Å². The molecule has 1 aromatic rings. The maximum absolute atomic E-state index is 12.8. The van der Waals surface area contributed by atoms with E-state index in [1.807, 2.05) is 0 Å². The minimum atomic E-state index is -1.49. The van der Waals surface area contributed by atoms with Gasteiger partial charge in [-0.1, -0.05) is 12.1 Å². The van der Waals surface area contributed by atoms with Gasteiger partial charge < -0.3 is 15.5 Å². The van der Waals surface area contributed by atoms with Gasteiger partial charge in [0.05, 0.1) is 6.42 Å². The summed E-state index contributed by atoms with van der Waals surface area (Å²) < 4.78 is 12.8. The van der Waals surface area contributed by atoms with Crippen LogP contribution in [0.3, 0.4) is 0 Å².